The minimum absolute atomic E-state index is 0.0254. The zero-order valence-corrected chi connectivity index (χ0v) is 17.8. The number of anilines is 2. The Morgan fingerprint density at radius 2 is 2.04 bits per heavy atom. The van der Waals surface area contributed by atoms with Crippen molar-refractivity contribution in [3.8, 4) is 5.75 Å². The van der Waals surface area contributed by atoms with Crippen LogP contribution in [0.2, 0.25) is 0 Å². The van der Waals surface area contributed by atoms with Crippen LogP contribution in [0, 0.1) is 5.41 Å². The normalized spacial score (nSPS) is 21.0. The predicted octanol–water partition coefficient (Wildman–Crippen LogP) is 4.32. The number of phenols is 1. The van der Waals surface area contributed by atoms with Gasteiger partial charge in [-0.25, -0.2) is 4.79 Å². The minimum atomic E-state index is -0.874. The van der Waals surface area contributed by atoms with Gasteiger partial charge in [-0.2, -0.15) is 0 Å². The lowest BCUT2D eigenvalue weighted by atomic mass is 9.78. The van der Waals surface area contributed by atoms with Crippen LogP contribution < -0.4 is 10.2 Å². The summed E-state index contributed by atoms with van der Waals surface area (Å²) in [4.78, 5) is 19.1. The van der Waals surface area contributed by atoms with Gasteiger partial charge in [-0.05, 0) is 44.2 Å². The molecule has 0 unspecified atom stereocenters. The molecule has 0 saturated carbocycles. The average molecular weight is 404 g/mol. The fourth-order valence-corrected chi connectivity index (χ4v) is 4.92. The summed E-state index contributed by atoms with van der Waals surface area (Å²) in [5, 5.41) is 23.3. The summed E-state index contributed by atoms with van der Waals surface area (Å²) in [5.74, 6) is -0.225. The predicted molar refractivity (Wildman–Crippen MR) is 117 cm³/mol. The number of nitrogens with one attached hydrogen (secondary N) is 1. The van der Waals surface area contributed by atoms with E-state index in [1.807, 2.05) is 12.1 Å². The highest BCUT2D eigenvalue weighted by Crippen LogP contribution is 2.44. The second-order valence-corrected chi connectivity index (χ2v) is 9.10. The number of nitrogens with zero attached hydrogens (tertiary/aromatic N) is 2. The Morgan fingerprint density at radius 1 is 1.32 bits per heavy atom. The van der Waals surface area contributed by atoms with Crippen molar-refractivity contribution in [3.63, 3.8) is 0 Å². The number of aliphatic imine (C=N–C) groups is 1. The van der Waals surface area contributed by atoms with Gasteiger partial charge in [0.2, 0.25) is 0 Å². The zero-order chi connectivity index (χ0) is 20.5. The molecular weight excluding hydrogens is 374 g/mol. The van der Waals surface area contributed by atoms with E-state index < -0.39 is 12.0 Å². The second kappa shape index (κ2) is 8.07. The molecule has 2 aliphatic rings. The Bertz CT molecular complexity index is 828. The topological polar surface area (TPSA) is 85.2 Å². The molecule has 1 aliphatic carbocycles. The number of fused-ring (bicyclic) bond motifs is 1. The van der Waals surface area contributed by atoms with Crippen molar-refractivity contribution in [1.82, 2.24) is 0 Å². The molecule has 0 aromatic heterocycles. The number of carboxylic acids is 1. The molecule has 0 bridgehead atoms. The Hall–Kier alpha value is -2.15. The first-order valence-electron chi connectivity index (χ1n) is 9.75. The van der Waals surface area contributed by atoms with Gasteiger partial charge in [-0.15, -0.1) is 11.8 Å². The zero-order valence-electron chi connectivity index (χ0n) is 17.0. The largest absolute Gasteiger partial charge is 0.506 e. The Balaban J connectivity index is 1.92. The summed E-state index contributed by atoms with van der Waals surface area (Å²) in [6.45, 7) is 10.3. The van der Waals surface area contributed by atoms with E-state index in [-0.39, 0.29) is 11.2 Å². The van der Waals surface area contributed by atoms with E-state index in [0.717, 1.165) is 47.9 Å². The minimum Gasteiger partial charge on any atom is -0.506 e. The summed E-state index contributed by atoms with van der Waals surface area (Å²) in [6, 6.07) is 5.03. The highest BCUT2D eigenvalue weighted by atomic mass is 32.2. The van der Waals surface area contributed by atoms with Crippen LogP contribution in [0.4, 0.5) is 11.4 Å². The molecule has 0 spiro atoms. The Labute approximate surface area is 170 Å². The van der Waals surface area contributed by atoms with Crippen molar-refractivity contribution in [2.45, 2.75) is 46.6 Å². The number of carboxylic acid groups (broad SMARTS) is 1. The monoisotopic (exact) mass is 403 g/mol. The molecule has 3 N–H and O–H groups in total. The number of hydrogen-bond donors (Lipinski definition) is 3. The van der Waals surface area contributed by atoms with Gasteiger partial charge in [-0.1, -0.05) is 13.8 Å². The van der Waals surface area contributed by atoms with Crippen LogP contribution in [0.5, 0.6) is 5.75 Å². The molecule has 1 atom stereocenters. The lowest BCUT2D eigenvalue weighted by molar-refractivity contribution is -0.137. The maximum Gasteiger partial charge on any atom is 0.329 e. The number of carbonyl (C=O) groups is 1. The maximum absolute atomic E-state index is 11.4. The summed E-state index contributed by atoms with van der Waals surface area (Å²) in [6.07, 6.45) is 1.58. The highest BCUT2D eigenvalue weighted by Gasteiger charge is 2.36. The average Bonchev–Trinajstić information content (AvgIpc) is 2.63. The third kappa shape index (κ3) is 4.29. The molecule has 0 radical (unpaired) electrons. The molecule has 6 nitrogen and oxygen atoms in total. The fraction of sp³-hybridized carbons (Fsp3) is 0.524. The van der Waals surface area contributed by atoms with Crippen LogP contribution in [0.25, 0.3) is 0 Å². The lowest BCUT2D eigenvalue weighted by Crippen LogP contribution is -2.34. The maximum atomic E-state index is 11.4. The molecule has 152 valence electrons. The first-order valence-corrected chi connectivity index (χ1v) is 10.7. The van der Waals surface area contributed by atoms with Crippen molar-refractivity contribution in [3.05, 3.63) is 28.8 Å². The van der Waals surface area contributed by atoms with Gasteiger partial charge in [0.05, 0.1) is 11.4 Å². The molecule has 1 aromatic carbocycles. The molecule has 1 aromatic rings. The van der Waals surface area contributed by atoms with E-state index in [9.17, 15) is 15.0 Å². The van der Waals surface area contributed by atoms with Crippen molar-refractivity contribution < 1.29 is 15.0 Å². The van der Waals surface area contributed by atoms with E-state index in [0.29, 0.717) is 11.4 Å². The third-order valence-corrected chi connectivity index (χ3v) is 6.47. The molecule has 1 aliphatic heterocycles. The van der Waals surface area contributed by atoms with E-state index in [2.05, 4.69) is 42.9 Å². The van der Waals surface area contributed by atoms with Crippen LogP contribution in [-0.2, 0) is 4.79 Å². The van der Waals surface area contributed by atoms with Gasteiger partial charge >= 0.3 is 5.97 Å². The molecule has 1 heterocycles. The van der Waals surface area contributed by atoms with Crippen LogP contribution in [0.1, 0.15) is 40.5 Å². The number of aliphatic carboxylic acids is 1. The molecule has 3 rings (SSSR count). The summed E-state index contributed by atoms with van der Waals surface area (Å²) < 4.78 is 0. The van der Waals surface area contributed by atoms with Crippen LogP contribution in [-0.4, -0.2) is 46.8 Å². The van der Waals surface area contributed by atoms with E-state index in [4.69, 9.17) is 0 Å². The van der Waals surface area contributed by atoms with Crippen LogP contribution in [0.15, 0.2) is 33.8 Å². The number of phenolic OH excluding ortho intramolecular Hbond substituents is 1. The van der Waals surface area contributed by atoms with Crippen LogP contribution >= 0.6 is 11.8 Å². The first-order chi connectivity index (χ1) is 13.2. The van der Waals surface area contributed by atoms with E-state index in [1.54, 1.807) is 17.8 Å². The van der Waals surface area contributed by atoms with Gasteiger partial charge in [0.15, 0.2) is 6.04 Å². The van der Waals surface area contributed by atoms with Crippen molar-refractivity contribution in [2.24, 2.45) is 10.4 Å². The summed E-state index contributed by atoms with van der Waals surface area (Å²) in [5.41, 5.74) is 3.50. The quantitative estimate of drug-likeness (QED) is 0.613. The number of allylic oxidation sites excluding steroid dienone is 2. The number of rotatable bonds is 6. The number of thioether (sulfide) groups is 1. The molecular formula is C21H29N3O3S. The highest BCUT2D eigenvalue weighted by molar-refractivity contribution is 8.04. The second-order valence-electron chi connectivity index (χ2n) is 8.07. The van der Waals surface area contributed by atoms with Crippen molar-refractivity contribution >= 4 is 34.8 Å². The summed E-state index contributed by atoms with van der Waals surface area (Å²) in [7, 11) is 0. The number of aromatic hydroxyl groups is 1. The van der Waals surface area contributed by atoms with Gasteiger partial charge in [0, 0.05) is 41.2 Å². The van der Waals surface area contributed by atoms with Crippen LogP contribution in [0.3, 0.4) is 0 Å². The van der Waals surface area contributed by atoms with Gasteiger partial charge in [0.25, 0.3) is 0 Å². The Kier molecular flexibility index (Phi) is 5.93. The van der Waals surface area contributed by atoms with E-state index in [1.165, 1.54) is 0 Å². The standard InChI is InChI=1S/C21H29N3O3S/c1-5-24(6-2)13-7-8-14(18(25)9-13)22-15-10-21(3,4)11-16-19(15)28-12-17(23-16)20(26)27/h7-9,17,22,25H,5-6,10-12H2,1-4H3,(H,26,27)/t17-/m0/s1. The molecule has 0 saturated heterocycles. The summed E-state index contributed by atoms with van der Waals surface area (Å²) >= 11 is 1.55. The van der Waals surface area contributed by atoms with Gasteiger partial charge in [-0.3, -0.25) is 4.99 Å². The molecule has 7 heteroatoms. The lowest BCUT2D eigenvalue weighted by Gasteiger charge is -2.36. The smallest absolute Gasteiger partial charge is 0.329 e. The van der Waals surface area contributed by atoms with Crippen molar-refractivity contribution in [2.75, 3.05) is 29.1 Å². The Morgan fingerprint density at radius 3 is 2.64 bits per heavy atom. The van der Waals surface area contributed by atoms with E-state index >= 15 is 0 Å². The fourth-order valence-electron chi connectivity index (χ4n) is 3.79. The first kappa shape index (κ1) is 20.6. The van der Waals surface area contributed by atoms with Crippen molar-refractivity contribution in [1.29, 1.82) is 0 Å². The van der Waals surface area contributed by atoms with Gasteiger partial charge in [0.1, 0.15) is 5.75 Å². The molecule has 28 heavy (non-hydrogen) atoms. The molecule has 0 amide bonds. The van der Waals surface area contributed by atoms with Gasteiger partial charge < -0.3 is 20.4 Å². The number of hydrogen-bond acceptors (Lipinski definition) is 6. The number of benzene rings is 1. The third-order valence-electron chi connectivity index (χ3n) is 5.22. The SMILES string of the molecule is CCN(CC)c1ccc(NC2=C3SC[C@@H](C(=O)O)N=C3CC(C)(C)C2)c(O)c1. The molecule has 0 fully saturated rings.